The fourth-order valence-corrected chi connectivity index (χ4v) is 5.19. The third-order valence-corrected chi connectivity index (χ3v) is 7.45. The number of nitrogens with one attached hydrogen (secondary N) is 1. The van der Waals surface area contributed by atoms with Gasteiger partial charge in [0.05, 0.1) is 24.1 Å². The molecule has 2 rings (SSSR count). The first-order valence-corrected chi connectivity index (χ1v) is 14.1. The van der Waals surface area contributed by atoms with Gasteiger partial charge < -0.3 is 15.0 Å². The first kappa shape index (κ1) is 30.0. The summed E-state index contributed by atoms with van der Waals surface area (Å²) in [6, 6.07) is 8.25. The third-order valence-electron chi connectivity index (χ3n) is 5.31. The molecule has 0 saturated carbocycles. The number of hydrogen-bond acceptors (Lipinski definition) is 5. The Labute approximate surface area is 227 Å². The zero-order chi connectivity index (χ0) is 27.2. The first-order chi connectivity index (χ1) is 16.8. The van der Waals surface area contributed by atoms with Crippen molar-refractivity contribution in [2.24, 2.45) is 0 Å². The minimum Gasteiger partial charge on any atom is -0.495 e. The van der Waals surface area contributed by atoms with E-state index >= 15 is 0 Å². The van der Waals surface area contributed by atoms with Crippen LogP contribution in [-0.4, -0.2) is 57.1 Å². The number of methoxy groups -OCH3 is 1. The second-order valence-corrected chi connectivity index (χ2v) is 11.5. The standard InChI is InChI=1S/C24H30Cl3N3O5S/c1-6-21(24(32)28-15(2)3)29(13-17-18(25)8-7-9-19(17)26)23(31)14-30(36(5,33)34)16-10-11-22(35-4)20(27)12-16/h7-12,15,21H,6,13-14H2,1-5H3,(H,28,32)/t21-/m0/s1. The van der Waals surface area contributed by atoms with E-state index in [1.165, 1.54) is 30.2 Å². The normalized spacial score (nSPS) is 12.2. The predicted molar refractivity (Wildman–Crippen MR) is 145 cm³/mol. The lowest BCUT2D eigenvalue weighted by molar-refractivity contribution is -0.140. The highest BCUT2D eigenvalue weighted by Gasteiger charge is 2.33. The van der Waals surface area contributed by atoms with Gasteiger partial charge >= 0.3 is 0 Å². The molecule has 2 amide bonds. The summed E-state index contributed by atoms with van der Waals surface area (Å²) in [5.41, 5.74) is 0.621. The van der Waals surface area contributed by atoms with Crippen LogP contribution in [0.1, 0.15) is 32.8 Å². The van der Waals surface area contributed by atoms with E-state index in [9.17, 15) is 18.0 Å². The highest BCUT2D eigenvalue weighted by Crippen LogP contribution is 2.31. The van der Waals surface area contributed by atoms with Gasteiger partial charge in [-0.3, -0.25) is 13.9 Å². The van der Waals surface area contributed by atoms with Gasteiger partial charge in [0.2, 0.25) is 21.8 Å². The van der Waals surface area contributed by atoms with Crippen molar-refractivity contribution in [2.75, 3.05) is 24.2 Å². The van der Waals surface area contributed by atoms with Crippen LogP contribution in [0.25, 0.3) is 0 Å². The smallest absolute Gasteiger partial charge is 0.244 e. The Kier molecular flexibility index (Phi) is 10.7. The third kappa shape index (κ3) is 7.65. The van der Waals surface area contributed by atoms with Gasteiger partial charge in [0.15, 0.2) is 0 Å². The van der Waals surface area contributed by atoms with Gasteiger partial charge in [0, 0.05) is 28.2 Å². The summed E-state index contributed by atoms with van der Waals surface area (Å²) in [5.74, 6) is -0.636. The van der Waals surface area contributed by atoms with Gasteiger partial charge in [-0.25, -0.2) is 8.42 Å². The molecule has 0 aliphatic heterocycles. The molecule has 0 fully saturated rings. The van der Waals surface area contributed by atoms with Crippen LogP contribution in [0.3, 0.4) is 0 Å². The van der Waals surface area contributed by atoms with Crippen LogP contribution in [0.2, 0.25) is 15.1 Å². The molecule has 1 atom stereocenters. The van der Waals surface area contributed by atoms with Crippen LogP contribution in [0.5, 0.6) is 5.75 Å². The van der Waals surface area contributed by atoms with E-state index in [1.54, 1.807) is 39.0 Å². The van der Waals surface area contributed by atoms with Crippen molar-refractivity contribution in [3.8, 4) is 5.75 Å². The lowest BCUT2D eigenvalue weighted by Gasteiger charge is -2.33. The summed E-state index contributed by atoms with van der Waals surface area (Å²) in [6.07, 6.45) is 1.26. The molecule has 0 aromatic heterocycles. The van der Waals surface area contributed by atoms with E-state index in [1.807, 2.05) is 0 Å². The quantitative estimate of drug-likeness (QED) is 0.415. The maximum Gasteiger partial charge on any atom is 0.244 e. The number of nitrogens with zero attached hydrogens (tertiary/aromatic N) is 2. The fraction of sp³-hybridized carbons (Fsp3) is 0.417. The van der Waals surface area contributed by atoms with Crippen LogP contribution in [0.4, 0.5) is 5.69 Å². The van der Waals surface area contributed by atoms with Gasteiger partial charge in [-0.1, -0.05) is 47.8 Å². The molecule has 0 heterocycles. The number of sulfonamides is 1. The van der Waals surface area contributed by atoms with Gasteiger partial charge in [-0.2, -0.15) is 0 Å². The van der Waals surface area contributed by atoms with E-state index in [-0.39, 0.29) is 35.6 Å². The molecular formula is C24H30Cl3N3O5S. The molecule has 0 saturated heterocycles. The molecule has 0 spiro atoms. The minimum atomic E-state index is -3.91. The number of anilines is 1. The lowest BCUT2D eigenvalue weighted by atomic mass is 10.1. The molecule has 0 radical (unpaired) electrons. The molecule has 0 unspecified atom stereocenters. The summed E-state index contributed by atoms with van der Waals surface area (Å²) in [7, 11) is -2.48. The lowest BCUT2D eigenvalue weighted by Crippen LogP contribution is -2.53. The molecule has 2 aromatic carbocycles. The highest BCUT2D eigenvalue weighted by molar-refractivity contribution is 7.92. The van der Waals surface area contributed by atoms with Gasteiger partial charge in [-0.15, -0.1) is 0 Å². The molecule has 198 valence electrons. The van der Waals surface area contributed by atoms with Crippen molar-refractivity contribution in [2.45, 2.75) is 45.8 Å². The minimum absolute atomic E-state index is 0.0949. The SMILES string of the molecule is CC[C@@H](C(=O)NC(C)C)N(Cc1c(Cl)cccc1Cl)C(=O)CN(c1ccc(OC)c(Cl)c1)S(C)(=O)=O. The maximum atomic E-state index is 13.7. The Morgan fingerprint density at radius 3 is 2.14 bits per heavy atom. The zero-order valence-corrected chi connectivity index (χ0v) is 23.8. The number of carbonyl (C=O) groups is 2. The van der Waals surface area contributed by atoms with E-state index in [0.717, 1.165) is 10.6 Å². The topological polar surface area (TPSA) is 96.0 Å². The van der Waals surface area contributed by atoms with Crippen LogP contribution in [0, 0.1) is 0 Å². The van der Waals surface area contributed by atoms with Gasteiger partial charge in [-0.05, 0) is 50.6 Å². The van der Waals surface area contributed by atoms with Crippen molar-refractivity contribution >= 4 is 62.3 Å². The molecular weight excluding hydrogens is 549 g/mol. The van der Waals surface area contributed by atoms with Crippen molar-refractivity contribution in [1.82, 2.24) is 10.2 Å². The van der Waals surface area contributed by atoms with Crippen molar-refractivity contribution in [3.05, 3.63) is 57.0 Å². The Morgan fingerprint density at radius 2 is 1.67 bits per heavy atom. The summed E-state index contributed by atoms with van der Waals surface area (Å²) >= 11 is 18.9. The average Bonchev–Trinajstić information content (AvgIpc) is 2.77. The van der Waals surface area contributed by atoms with Crippen LogP contribution in [0.15, 0.2) is 36.4 Å². The predicted octanol–water partition coefficient (Wildman–Crippen LogP) is 4.75. The van der Waals surface area contributed by atoms with Crippen molar-refractivity contribution < 1.29 is 22.7 Å². The molecule has 1 N–H and O–H groups in total. The van der Waals surface area contributed by atoms with E-state index in [4.69, 9.17) is 39.5 Å². The Morgan fingerprint density at radius 1 is 1.06 bits per heavy atom. The summed E-state index contributed by atoms with van der Waals surface area (Å²) in [6.45, 7) is 4.70. The molecule has 36 heavy (non-hydrogen) atoms. The molecule has 0 aliphatic carbocycles. The Hall–Kier alpha value is -2.20. The van der Waals surface area contributed by atoms with E-state index in [0.29, 0.717) is 21.4 Å². The molecule has 0 bridgehead atoms. The average molecular weight is 579 g/mol. The summed E-state index contributed by atoms with van der Waals surface area (Å²) in [4.78, 5) is 28.0. The molecule has 12 heteroatoms. The van der Waals surface area contributed by atoms with E-state index in [2.05, 4.69) is 5.32 Å². The maximum absolute atomic E-state index is 13.7. The Bertz CT molecular complexity index is 1190. The molecule has 2 aromatic rings. The largest absolute Gasteiger partial charge is 0.495 e. The number of ether oxygens (including phenoxy) is 1. The molecule has 0 aliphatic rings. The second kappa shape index (κ2) is 12.9. The zero-order valence-electron chi connectivity index (χ0n) is 20.7. The monoisotopic (exact) mass is 577 g/mol. The van der Waals surface area contributed by atoms with Crippen molar-refractivity contribution in [1.29, 1.82) is 0 Å². The number of halogens is 3. The number of amides is 2. The highest BCUT2D eigenvalue weighted by atomic mass is 35.5. The van der Waals surface area contributed by atoms with Gasteiger partial charge in [0.1, 0.15) is 18.3 Å². The van der Waals surface area contributed by atoms with Crippen LogP contribution < -0.4 is 14.4 Å². The summed E-state index contributed by atoms with van der Waals surface area (Å²) < 4.78 is 31.5. The fourth-order valence-electron chi connectivity index (χ4n) is 3.58. The second-order valence-electron chi connectivity index (χ2n) is 8.40. The van der Waals surface area contributed by atoms with Crippen molar-refractivity contribution in [3.63, 3.8) is 0 Å². The number of hydrogen-bond donors (Lipinski definition) is 1. The molecule has 8 nitrogen and oxygen atoms in total. The van der Waals surface area contributed by atoms with Crippen LogP contribution in [-0.2, 0) is 26.2 Å². The first-order valence-electron chi connectivity index (χ1n) is 11.1. The van der Waals surface area contributed by atoms with Gasteiger partial charge in [0.25, 0.3) is 0 Å². The number of carbonyl (C=O) groups excluding carboxylic acids is 2. The van der Waals surface area contributed by atoms with Crippen LogP contribution >= 0.6 is 34.8 Å². The number of benzene rings is 2. The number of rotatable bonds is 11. The summed E-state index contributed by atoms with van der Waals surface area (Å²) in [5, 5.41) is 3.64. The van der Waals surface area contributed by atoms with E-state index < -0.39 is 28.5 Å². The Balaban J connectivity index is 2.53.